The van der Waals surface area contributed by atoms with Crippen molar-refractivity contribution >= 4 is 21.8 Å². The number of nitrogens with one attached hydrogen (secondary N) is 2. The van der Waals surface area contributed by atoms with Gasteiger partial charge in [-0.2, -0.15) is 0 Å². The zero-order valence-corrected chi connectivity index (χ0v) is 13.1. The minimum atomic E-state index is -0.302. The number of benzene rings is 1. The molecule has 1 amide bonds. The van der Waals surface area contributed by atoms with E-state index in [2.05, 4.69) is 40.4 Å². The molecule has 3 nitrogen and oxygen atoms in total. The molecule has 1 aromatic rings. The van der Waals surface area contributed by atoms with Crippen LogP contribution in [0.5, 0.6) is 0 Å². The number of amides is 1. The highest BCUT2D eigenvalue weighted by molar-refractivity contribution is 9.10. The molecule has 0 bridgehead atoms. The van der Waals surface area contributed by atoms with Gasteiger partial charge in [0.15, 0.2) is 0 Å². The van der Waals surface area contributed by atoms with Crippen LogP contribution in [0.3, 0.4) is 0 Å². The normalized spacial score (nSPS) is 12.5. The van der Waals surface area contributed by atoms with E-state index in [1.54, 1.807) is 19.2 Å². The first-order chi connectivity index (χ1) is 8.93. The summed E-state index contributed by atoms with van der Waals surface area (Å²) in [5, 5.41) is 5.74. The summed E-state index contributed by atoms with van der Waals surface area (Å²) in [6, 6.07) is 4.49. The predicted molar refractivity (Wildman–Crippen MR) is 78.2 cm³/mol. The Morgan fingerprint density at radius 3 is 2.68 bits per heavy atom. The number of hydrogen-bond acceptors (Lipinski definition) is 2. The van der Waals surface area contributed by atoms with E-state index in [0.29, 0.717) is 18.0 Å². The average molecular weight is 331 g/mol. The molecule has 0 fully saturated rings. The molecule has 0 saturated heterocycles. The molecule has 19 heavy (non-hydrogen) atoms. The first-order valence-corrected chi connectivity index (χ1v) is 7.12. The fraction of sp³-hybridized carbons (Fsp3) is 0.500. The molecule has 2 N–H and O–H groups in total. The highest BCUT2D eigenvalue weighted by Gasteiger charge is 2.18. The standard InChI is InChI=1S/C14H20BrFN2O/c1-9(2)6-13(14(19)17-3)18-8-10-7-11(15)4-5-12(10)16/h4-5,7,9,13,18H,6,8H2,1-3H3,(H,17,19). The monoisotopic (exact) mass is 330 g/mol. The summed E-state index contributed by atoms with van der Waals surface area (Å²) in [5.74, 6) is 0.0576. The van der Waals surface area contributed by atoms with Gasteiger partial charge in [0.1, 0.15) is 5.82 Å². The molecule has 0 radical (unpaired) electrons. The Kier molecular flexibility index (Phi) is 6.45. The fourth-order valence-corrected chi connectivity index (χ4v) is 2.25. The average Bonchev–Trinajstić information content (AvgIpc) is 2.36. The van der Waals surface area contributed by atoms with E-state index in [0.717, 1.165) is 10.9 Å². The molecule has 0 aliphatic heterocycles. The summed E-state index contributed by atoms with van der Waals surface area (Å²) in [6.07, 6.45) is 0.718. The van der Waals surface area contributed by atoms with Crippen LogP contribution in [0.4, 0.5) is 4.39 Å². The molecule has 0 aromatic heterocycles. The van der Waals surface area contributed by atoms with Crippen molar-refractivity contribution in [3.05, 3.63) is 34.1 Å². The van der Waals surface area contributed by atoms with Gasteiger partial charge in [-0.3, -0.25) is 4.79 Å². The van der Waals surface area contributed by atoms with Gasteiger partial charge in [0, 0.05) is 23.6 Å². The summed E-state index contributed by atoms with van der Waals surface area (Å²) in [7, 11) is 1.61. The van der Waals surface area contributed by atoms with E-state index in [1.807, 2.05) is 0 Å². The van der Waals surface area contributed by atoms with E-state index in [9.17, 15) is 9.18 Å². The van der Waals surface area contributed by atoms with Gasteiger partial charge in [-0.25, -0.2) is 4.39 Å². The summed E-state index contributed by atoms with van der Waals surface area (Å²) >= 11 is 3.31. The van der Waals surface area contributed by atoms with Crippen LogP contribution in [0.2, 0.25) is 0 Å². The minimum Gasteiger partial charge on any atom is -0.358 e. The summed E-state index contributed by atoms with van der Waals surface area (Å²) < 4.78 is 14.4. The molecule has 0 aliphatic rings. The number of hydrogen-bond donors (Lipinski definition) is 2. The van der Waals surface area contributed by atoms with Crippen LogP contribution in [0.1, 0.15) is 25.8 Å². The van der Waals surface area contributed by atoms with Crippen LogP contribution in [0.15, 0.2) is 22.7 Å². The molecule has 1 aromatic carbocycles. The predicted octanol–water partition coefficient (Wildman–Crippen LogP) is 2.84. The maximum absolute atomic E-state index is 13.6. The lowest BCUT2D eigenvalue weighted by Crippen LogP contribution is -2.43. The van der Waals surface area contributed by atoms with Crippen molar-refractivity contribution in [3.8, 4) is 0 Å². The largest absolute Gasteiger partial charge is 0.358 e. The van der Waals surface area contributed by atoms with Crippen LogP contribution in [0, 0.1) is 11.7 Å². The minimum absolute atomic E-state index is 0.0656. The molecule has 1 unspecified atom stereocenters. The third-order valence-electron chi connectivity index (χ3n) is 2.82. The van der Waals surface area contributed by atoms with E-state index in [-0.39, 0.29) is 17.8 Å². The summed E-state index contributed by atoms with van der Waals surface area (Å²) in [4.78, 5) is 11.7. The SMILES string of the molecule is CNC(=O)C(CC(C)C)NCc1cc(Br)ccc1F. The Balaban J connectivity index is 2.70. The van der Waals surface area contributed by atoms with Crippen molar-refractivity contribution in [1.82, 2.24) is 10.6 Å². The van der Waals surface area contributed by atoms with Crippen LogP contribution in [0.25, 0.3) is 0 Å². The molecule has 0 saturated carbocycles. The molecule has 1 atom stereocenters. The molecule has 0 heterocycles. The lowest BCUT2D eigenvalue weighted by atomic mass is 10.0. The van der Waals surface area contributed by atoms with Crippen molar-refractivity contribution < 1.29 is 9.18 Å². The Morgan fingerprint density at radius 1 is 1.42 bits per heavy atom. The second-order valence-corrected chi connectivity index (χ2v) is 5.83. The highest BCUT2D eigenvalue weighted by atomic mass is 79.9. The van der Waals surface area contributed by atoms with E-state index < -0.39 is 0 Å². The van der Waals surface area contributed by atoms with E-state index >= 15 is 0 Å². The van der Waals surface area contributed by atoms with E-state index in [1.165, 1.54) is 6.07 Å². The summed E-state index contributed by atoms with van der Waals surface area (Å²) in [5.41, 5.74) is 0.548. The zero-order valence-electron chi connectivity index (χ0n) is 11.5. The molecule has 1 rings (SSSR count). The Hall–Kier alpha value is -0.940. The van der Waals surface area contributed by atoms with Gasteiger partial charge in [-0.1, -0.05) is 29.8 Å². The molecular formula is C14H20BrFN2O. The van der Waals surface area contributed by atoms with Crippen LogP contribution in [-0.2, 0) is 11.3 Å². The number of likely N-dealkylation sites (N-methyl/N-ethyl adjacent to an activating group) is 1. The van der Waals surface area contributed by atoms with Gasteiger partial charge >= 0.3 is 0 Å². The first-order valence-electron chi connectivity index (χ1n) is 6.33. The third kappa shape index (κ3) is 5.28. The number of halogens is 2. The highest BCUT2D eigenvalue weighted by Crippen LogP contribution is 2.16. The van der Waals surface area contributed by atoms with Gasteiger partial charge in [-0.05, 0) is 30.5 Å². The smallest absolute Gasteiger partial charge is 0.236 e. The van der Waals surface area contributed by atoms with Crippen molar-refractivity contribution in [2.75, 3.05) is 7.05 Å². The molecular weight excluding hydrogens is 311 g/mol. The second-order valence-electron chi connectivity index (χ2n) is 4.91. The maximum atomic E-state index is 13.6. The number of rotatable bonds is 6. The molecule has 0 spiro atoms. The maximum Gasteiger partial charge on any atom is 0.236 e. The van der Waals surface area contributed by atoms with Gasteiger partial charge in [0.05, 0.1) is 6.04 Å². The number of carbonyl (C=O) groups is 1. The zero-order chi connectivity index (χ0) is 14.4. The molecule has 106 valence electrons. The van der Waals surface area contributed by atoms with Crippen LogP contribution >= 0.6 is 15.9 Å². The molecule has 0 aliphatic carbocycles. The van der Waals surface area contributed by atoms with Gasteiger partial charge in [0.2, 0.25) is 5.91 Å². The van der Waals surface area contributed by atoms with Crippen molar-refractivity contribution in [2.45, 2.75) is 32.9 Å². The van der Waals surface area contributed by atoms with Crippen LogP contribution in [-0.4, -0.2) is 19.0 Å². The topological polar surface area (TPSA) is 41.1 Å². The Morgan fingerprint density at radius 2 is 2.11 bits per heavy atom. The van der Waals surface area contributed by atoms with Gasteiger partial charge < -0.3 is 10.6 Å². The lowest BCUT2D eigenvalue weighted by molar-refractivity contribution is -0.123. The Labute approximate surface area is 122 Å². The van der Waals surface area contributed by atoms with Gasteiger partial charge in [0.25, 0.3) is 0 Å². The first kappa shape index (κ1) is 16.1. The van der Waals surface area contributed by atoms with E-state index in [4.69, 9.17) is 0 Å². The molecule has 5 heteroatoms. The summed E-state index contributed by atoms with van der Waals surface area (Å²) in [6.45, 7) is 4.44. The van der Waals surface area contributed by atoms with Crippen molar-refractivity contribution in [1.29, 1.82) is 0 Å². The van der Waals surface area contributed by atoms with Crippen molar-refractivity contribution in [2.24, 2.45) is 5.92 Å². The Bertz CT molecular complexity index is 437. The lowest BCUT2D eigenvalue weighted by Gasteiger charge is -2.19. The quantitative estimate of drug-likeness (QED) is 0.842. The number of carbonyl (C=O) groups excluding carboxylic acids is 1. The third-order valence-corrected chi connectivity index (χ3v) is 3.31. The van der Waals surface area contributed by atoms with Gasteiger partial charge in [-0.15, -0.1) is 0 Å². The second kappa shape index (κ2) is 7.60. The fourth-order valence-electron chi connectivity index (χ4n) is 1.84. The van der Waals surface area contributed by atoms with Crippen LogP contribution < -0.4 is 10.6 Å². The van der Waals surface area contributed by atoms with Crippen molar-refractivity contribution in [3.63, 3.8) is 0 Å².